The van der Waals surface area contributed by atoms with Crippen molar-refractivity contribution in [3.05, 3.63) is 35.9 Å². The van der Waals surface area contributed by atoms with Gasteiger partial charge in [0.1, 0.15) is 12.1 Å². The van der Waals surface area contributed by atoms with Crippen molar-refractivity contribution in [1.82, 2.24) is 15.1 Å². The minimum atomic E-state index is -1.17. The molecule has 8 nitrogen and oxygen atoms in total. The summed E-state index contributed by atoms with van der Waals surface area (Å²) in [6.45, 7) is 1.84. The van der Waals surface area contributed by atoms with Gasteiger partial charge in [-0.3, -0.25) is 19.3 Å². The minimum Gasteiger partial charge on any atom is -0.481 e. The Bertz CT molecular complexity index is 750. The van der Waals surface area contributed by atoms with E-state index in [9.17, 15) is 19.2 Å². The third-order valence-corrected chi connectivity index (χ3v) is 5.16. The summed E-state index contributed by atoms with van der Waals surface area (Å²) in [6, 6.07) is 8.33. The lowest BCUT2D eigenvalue weighted by Gasteiger charge is -2.26. The second-order valence-electron chi connectivity index (χ2n) is 6.61. The number of carboxylic acids is 1. The molecule has 2 aliphatic rings. The lowest BCUT2D eigenvalue weighted by Crippen LogP contribution is -2.45. The van der Waals surface area contributed by atoms with Crippen LogP contribution in [0.3, 0.4) is 0 Å². The highest BCUT2D eigenvalue weighted by Crippen LogP contribution is 2.32. The van der Waals surface area contributed by atoms with Crippen molar-refractivity contribution < 1.29 is 24.3 Å². The number of urea groups is 1. The molecule has 0 saturated carbocycles. The molecule has 1 aromatic rings. The number of carboxylic acid groups (broad SMARTS) is 1. The molecule has 3 rings (SSSR count). The van der Waals surface area contributed by atoms with Gasteiger partial charge in [-0.1, -0.05) is 37.3 Å². The van der Waals surface area contributed by atoms with Crippen molar-refractivity contribution in [2.24, 2.45) is 5.92 Å². The monoisotopic (exact) mass is 359 g/mol. The standard InChI is InChI=1S/C18H21N3O5/c1-2-18(13-6-4-3-5-7-13)16(25)21(17(26)19-18)11-14(22)20-9-8-12(10-20)15(23)24/h3-7,12H,2,8-11H2,1H3,(H,19,26)(H,23,24)/t12-,18-/m0/s1. The van der Waals surface area contributed by atoms with Crippen LogP contribution in [0.25, 0.3) is 0 Å². The molecule has 0 aromatic heterocycles. The summed E-state index contributed by atoms with van der Waals surface area (Å²) in [5.41, 5.74) is -0.504. The van der Waals surface area contributed by atoms with Gasteiger partial charge in [0, 0.05) is 13.1 Å². The number of rotatable bonds is 5. The maximum atomic E-state index is 13.0. The van der Waals surface area contributed by atoms with Crippen LogP contribution in [-0.4, -0.2) is 58.4 Å². The topological polar surface area (TPSA) is 107 Å². The fraction of sp³-hybridized carbons (Fsp3) is 0.444. The van der Waals surface area contributed by atoms with Crippen LogP contribution in [0, 0.1) is 5.92 Å². The van der Waals surface area contributed by atoms with E-state index in [1.54, 1.807) is 31.2 Å². The molecule has 2 atom stereocenters. The van der Waals surface area contributed by atoms with E-state index in [2.05, 4.69) is 5.32 Å². The average Bonchev–Trinajstić information content (AvgIpc) is 3.22. The molecular formula is C18H21N3O5. The van der Waals surface area contributed by atoms with E-state index in [1.165, 1.54) is 4.90 Å². The van der Waals surface area contributed by atoms with Gasteiger partial charge < -0.3 is 15.3 Å². The number of amides is 4. The average molecular weight is 359 g/mol. The predicted octanol–water partition coefficient (Wildman–Crippen LogP) is 0.777. The van der Waals surface area contributed by atoms with Gasteiger partial charge in [-0.2, -0.15) is 0 Å². The molecule has 2 fully saturated rings. The Labute approximate surface area is 150 Å². The summed E-state index contributed by atoms with van der Waals surface area (Å²) >= 11 is 0. The molecule has 2 aliphatic heterocycles. The second-order valence-corrected chi connectivity index (χ2v) is 6.61. The zero-order chi connectivity index (χ0) is 18.9. The molecule has 138 valence electrons. The Balaban J connectivity index is 1.75. The normalized spacial score (nSPS) is 25.5. The quantitative estimate of drug-likeness (QED) is 0.756. The number of likely N-dealkylation sites (tertiary alicyclic amines) is 1. The van der Waals surface area contributed by atoms with Crippen LogP contribution in [-0.2, 0) is 19.9 Å². The van der Waals surface area contributed by atoms with Gasteiger partial charge in [0.15, 0.2) is 0 Å². The number of imide groups is 1. The molecule has 0 spiro atoms. The minimum absolute atomic E-state index is 0.107. The SMILES string of the molecule is CC[C@@]1(c2ccccc2)NC(=O)N(CC(=O)N2CC[C@H](C(=O)O)C2)C1=O. The van der Waals surface area contributed by atoms with Crippen LogP contribution >= 0.6 is 0 Å². The maximum Gasteiger partial charge on any atom is 0.325 e. The molecule has 1 aromatic carbocycles. The Morgan fingerprint density at radius 3 is 2.54 bits per heavy atom. The van der Waals surface area contributed by atoms with Gasteiger partial charge in [0.2, 0.25) is 5.91 Å². The van der Waals surface area contributed by atoms with E-state index in [0.29, 0.717) is 24.9 Å². The number of carbonyl (C=O) groups is 4. The number of carbonyl (C=O) groups excluding carboxylic acids is 3. The van der Waals surface area contributed by atoms with Crippen LogP contribution in [0.5, 0.6) is 0 Å². The van der Waals surface area contributed by atoms with Gasteiger partial charge in [-0.15, -0.1) is 0 Å². The molecule has 2 heterocycles. The first-order chi connectivity index (χ1) is 12.4. The van der Waals surface area contributed by atoms with Crippen LogP contribution in [0.15, 0.2) is 30.3 Å². The van der Waals surface area contributed by atoms with Crippen molar-refractivity contribution >= 4 is 23.8 Å². The number of hydrogen-bond donors (Lipinski definition) is 2. The highest BCUT2D eigenvalue weighted by atomic mass is 16.4. The lowest BCUT2D eigenvalue weighted by molar-refractivity contribution is -0.142. The number of benzene rings is 1. The van der Waals surface area contributed by atoms with Crippen molar-refractivity contribution in [3.8, 4) is 0 Å². The lowest BCUT2D eigenvalue weighted by atomic mass is 9.87. The van der Waals surface area contributed by atoms with E-state index < -0.39 is 35.3 Å². The largest absolute Gasteiger partial charge is 0.481 e. The molecule has 0 unspecified atom stereocenters. The molecule has 0 aliphatic carbocycles. The van der Waals surface area contributed by atoms with Crippen molar-refractivity contribution in [3.63, 3.8) is 0 Å². The third-order valence-electron chi connectivity index (χ3n) is 5.16. The smallest absolute Gasteiger partial charge is 0.325 e. The van der Waals surface area contributed by atoms with Gasteiger partial charge in [0.05, 0.1) is 5.92 Å². The third kappa shape index (κ3) is 2.91. The van der Waals surface area contributed by atoms with Crippen LogP contribution < -0.4 is 5.32 Å². The summed E-state index contributed by atoms with van der Waals surface area (Å²) in [6.07, 6.45) is 0.737. The zero-order valence-corrected chi connectivity index (χ0v) is 14.5. The molecule has 4 amide bonds. The number of hydrogen-bond acceptors (Lipinski definition) is 4. The Morgan fingerprint density at radius 1 is 1.27 bits per heavy atom. The molecule has 26 heavy (non-hydrogen) atoms. The zero-order valence-electron chi connectivity index (χ0n) is 14.5. The van der Waals surface area contributed by atoms with Crippen molar-refractivity contribution in [2.45, 2.75) is 25.3 Å². The summed E-state index contributed by atoms with van der Waals surface area (Å²) in [5.74, 6) is -2.42. The number of aliphatic carboxylic acids is 1. The van der Waals surface area contributed by atoms with E-state index in [-0.39, 0.29) is 13.1 Å². The van der Waals surface area contributed by atoms with Gasteiger partial charge in [-0.05, 0) is 18.4 Å². The highest BCUT2D eigenvalue weighted by molar-refractivity contribution is 6.09. The number of nitrogens with one attached hydrogen (secondary N) is 1. The summed E-state index contributed by atoms with van der Waals surface area (Å²) in [5, 5.41) is 11.8. The molecule has 2 saturated heterocycles. The fourth-order valence-electron chi connectivity index (χ4n) is 3.56. The van der Waals surface area contributed by atoms with E-state index in [4.69, 9.17) is 5.11 Å². The second kappa shape index (κ2) is 6.78. The first-order valence-electron chi connectivity index (χ1n) is 8.59. The molecule has 8 heteroatoms. The fourth-order valence-corrected chi connectivity index (χ4v) is 3.56. The Kier molecular flexibility index (Phi) is 4.67. The summed E-state index contributed by atoms with van der Waals surface area (Å²) in [4.78, 5) is 51.2. The molecular weight excluding hydrogens is 338 g/mol. The Morgan fingerprint density at radius 2 is 1.96 bits per heavy atom. The molecule has 2 N–H and O–H groups in total. The van der Waals surface area contributed by atoms with Gasteiger partial charge >= 0.3 is 12.0 Å². The predicted molar refractivity (Wildman–Crippen MR) is 91.0 cm³/mol. The van der Waals surface area contributed by atoms with E-state index in [0.717, 1.165) is 4.90 Å². The summed E-state index contributed by atoms with van der Waals surface area (Å²) < 4.78 is 0. The van der Waals surface area contributed by atoms with Crippen molar-refractivity contribution in [1.29, 1.82) is 0 Å². The van der Waals surface area contributed by atoms with Crippen LogP contribution in [0.2, 0.25) is 0 Å². The summed E-state index contributed by atoms with van der Waals surface area (Å²) in [7, 11) is 0. The van der Waals surface area contributed by atoms with E-state index in [1.807, 2.05) is 6.07 Å². The first kappa shape index (κ1) is 17.9. The van der Waals surface area contributed by atoms with Crippen molar-refractivity contribution in [2.75, 3.05) is 19.6 Å². The number of nitrogens with zero attached hydrogens (tertiary/aromatic N) is 2. The van der Waals surface area contributed by atoms with Gasteiger partial charge in [-0.25, -0.2) is 4.79 Å². The van der Waals surface area contributed by atoms with Crippen LogP contribution in [0.4, 0.5) is 4.79 Å². The van der Waals surface area contributed by atoms with E-state index >= 15 is 0 Å². The first-order valence-corrected chi connectivity index (χ1v) is 8.59. The Hall–Kier alpha value is -2.90. The van der Waals surface area contributed by atoms with Crippen LogP contribution in [0.1, 0.15) is 25.3 Å². The molecule has 0 bridgehead atoms. The molecule has 0 radical (unpaired) electrons. The highest BCUT2D eigenvalue weighted by Gasteiger charge is 2.52. The van der Waals surface area contributed by atoms with Gasteiger partial charge in [0.25, 0.3) is 5.91 Å². The maximum absolute atomic E-state index is 13.0.